The van der Waals surface area contributed by atoms with Crippen LogP contribution in [0.15, 0.2) is 12.1 Å². The smallest absolute Gasteiger partial charge is 0.295 e. The van der Waals surface area contributed by atoms with Gasteiger partial charge < -0.3 is 11.1 Å². The second-order valence-electron chi connectivity index (χ2n) is 2.40. The van der Waals surface area contributed by atoms with E-state index in [9.17, 15) is 14.5 Å². The second kappa shape index (κ2) is 3.26. The van der Waals surface area contributed by atoms with Crippen LogP contribution < -0.4 is 11.1 Å². The quantitative estimate of drug-likeness (QED) is 0.414. The molecule has 13 heavy (non-hydrogen) atoms. The molecule has 3 N–H and O–H groups in total. The molecular formula is C7H8FN3O2. The number of nitro groups is 1. The molecule has 0 bridgehead atoms. The predicted octanol–water partition coefficient (Wildman–Crippen LogP) is 1.36. The van der Waals surface area contributed by atoms with Crippen LogP contribution >= 0.6 is 0 Å². The van der Waals surface area contributed by atoms with Crippen molar-refractivity contribution in [1.82, 2.24) is 0 Å². The standard InChI is InChI=1S/C7H8FN3O2/c1-10-6-3-5(9)4(8)2-7(6)11(12)13/h2-3,10H,9H2,1H3. The molecule has 0 spiro atoms. The number of hydrogen-bond donors (Lipinski definition) is 2. The third-order valence-corrected chi connectivity index (χ3v) is 1.58. The number of halogens is 1. The van der Waals surface area contributed by atoms with E-state index < -0.39 is 10.7 Å². The summed E-state index contributed by atoms with van der Waals surface area (Å²) in [6.07, 6.45) is 0. The van der Waals surface area contributed by atoms with Crippen molar-refractivity contribution in [3.63, 3.8) is 0 Å². The van der Waals surface area contributed by atoms with Gasteiger partial charge in [0.05, 0.1) is 16.7 Å². The highest BCUT2D eigenvalue weighted by atomic mass is 19.1. The Hall–Kier alpha value is -1.85. The second-order valence-corrected chi connectivity index (χ2v) is 2.40. The molecule has 0 fully saturated rings. The van der Waals surface area contributed by atoms with Gasteiger partial charge in [0.15, 0.2) is 5.82 Å². The number of nitrogens with one attached hydrogen (secondary N) is 1. The summed E-state index contributed by atoms with van der Waals surface area (Å²) in [5.74, 6) is -0.786. The highest BCUT2D eigenvalue weighted by molar-refractivity contribution is 5.67. The number of nitrogens with zero attached hydrogens (tertiary/aromatic N) is 1. The maximum absolute atomic E-state index is 12.8. The van der Waals surface area contributed by atoms with E-state index in [-0.39, 0.29) is 17.1 Å². The van der Waals surface area contributed by atoms with Crippen LogP contribution in [0.25, 0.3) is 0 Å². The van der Waals surface area contributed by atoms with Gasteiger partial charge in [-0.25, -0.2) is 4.39 Å². The van der Waals surface area contributed by atoms with Crippen molar-refractivity contribution in [3.8, 4) is 0 Å². The zero-order valence-corrected chi connectivity index (χ0v) is 6.87. The minimum Gasteiger partial charge on any atom is -0.396 e. The SMILES string of the molecule is CNc1cc(N)c(F)cc1[N+](=O)[O-]. The van der Waals surface area contributed by atoms with E-state index in [1.54, 1.807) is 0 Å². The van der Waals surface area contributed by atoms with Crippen molar-refractivity contribution < 1.29 is 9.31 Å². The van der Waals surface area contributed by atoms with Crippen molar-refractivity contribution in [2.75, 3.05) is 18.1 Å². The summed E-state index contributed by atoms with van der Waals surface area (Å²) < 4.78 is 12.8. The Morgan fingerprint density at radius 1 is 1.62 bits per heavy atom. The number of rotatable bonds is 2. The number of hydrogen-bond acceptors (Lipinski definition) is 4. The van der Waals surface area contributed by atoms with Crippen LogP contribution in [0.2, 0.25) is 0 Å². The minimum atomic E-state index is -0.786. The highest BCUT2D eigenvalue weighted by Gasteiger charge is 2.15. The molecule has 0 radical (unpaired) electrons. The van der Waals surface area contributed by atoms with Gasteiger partial charge in [-0.1, -0.05) is 0 Å². The third kappa shape index (κ3) is 1.66. The van der Waals surface area contributed by atoms with Gasteiger partial charge in [-0.05, 0) is 6.07 Å². The largest absolute Gasteiger partial charge is 0.396 e. The van der Waals surface area contributed by atoms with Crippen molar-refractivity contribution in [1.29, 1.82) is 0 Å². The molecule has 0 unspecified atom stereocenters. The van der Waals surface area contributed by atoms with Gasteiger partial charge in [0.2, 0.25) is 0 Å². The maximum atomic E-state index is 12.8. The molecule has 0 saturated heterocycles. The summed E-state index contributed by atoms with van der Waals surface area (Å²) in [7, 11) is 1.50. The van der Waals surface area contributed by atoms with Gasteiger partial charge in [0, 0.05) is 7.05 Å². The molecule has 1 aromatic carbocycles. The Labute approximate surface area is 73.5 Å². The molecule has 0 aliphatic carbocycles. The zero-order chi connectivity index (χ0) is 10.0. The van der Waals surface area contributed by atoms with E-state index in [4.69, 9.17) is 5.73 Å². The van der Waals surface area contributed by atoms with Crippen LogP contribution in [-0.2, 0) is 0 Å². The lowest BCUT2D eigenvalue weighted by atomic mass is 10.2. The predicted molar refractivity (Wildman–Crippen MR) is 47.0 cm³/mol. The first-order chi connectivity index (χ1) is 6.06. The van der Waals surface area contributed by atoms with Gasteiger partial charge in [-0.3, -0.25) is 10.1 Å². The lowest BCUT2D eigenvalue weighted by molar-refractivity contribution is -0.384. The monoisotopic (exact) mass is 185 g/mol. The fraction of sp³-hybridized carbons (Fsp3) is 0.143. The summed E-state index contributed by atoms with van der Waals surface area (Å²) in [4.78, 5) is 9.73. The average molecular weight is 185 g/mol. The van der Waals surface area contributed by atoms with Crippen LogP contribution in [-0.4, -0.2) is 12.0 Å². The molecule has 0 saturated carbocycles. The molecular weight excluding hydrogens is 177 g/mol. The molecule has 70 valence electrons. The number of nitrogen functional groups attached to an aromatic ring is 1. The normalized spacial score (nSPS) is 9.69. The molecule has 0 aliphatic heterocycles. The van der Waals surface area contributed by atoms with Gasteiger partial charge in [-0.2, -0.15) is 0 Å². The van der Waals surface area contributed by atoms with Crippen LogP contribution in [0.1, 0.15) is 0 Å². The zero-order valence-electron chi connectivity index (χ0n) is 6.87. The van der Waals surface area contributed by atoms with Gasteiger partial charge >= 0.3 is 0 Å². The van der Waals surface area contributed by atoms with E-state index in [0.29, 0.717) is 0 Å². The topological polar surface area (TPSA) is 81.2 Å². The summed E-state index contributed by atoms with van der Waals surface area (Å²) in [6, 6.07) is 1.98. The summed E-state index contributed by atoms with van der Waals surface area (Å²) in [6.45, 7) is 0. The Bertz CT molecular complexity index is 354. The fourth-order valence-electron chi connectivity index (χ4n) is 0.931. The maximum Gasteiger partial charge on any atom is 0.295 e. The van der Waals surface area contributed by atoms with E-state index in [1.807, 2.05) is 0 Å². The number of nitrogens with two attached hydrogens (primary N) is 1. The fourth-order valence-corrected chi connectivity index (χ4v) is 0.931. The Balaban J connectivity index is 3.33. The van der Waals surface area contributed by atoms with Crippen molar-refractivity contribution in [2.45, 2.75) is 0 Å². The van der Waals surface area contributed by atoms with E-state index in [0.717, 1.165) is 6.07 Å². The van der Waals surface area contributed by atoms with Gasteiger partial charge in [-0.15, -0.1) is 0 Å². The third-order valence-electron chi connectivity index (χ3n) is 1.58. The van der Waals surface area contributed by atoms with Crippen LogP contribution in [0.4, 0.5) is 21.5 Å². The molecule has 0 aliphatic rings. The van der Waals surface area contributed by atoms with E-state index >= 15 is 0 Å². The van der Waals surface area contributed by atoms with Crippen LogP contribution in [0, 0.1) is 15.9 Å². The van der Waals surface area contributed by atoms with Crippen molar-refractivity contribution >= 4 is 17.1 Å². The molecule has 0 atom stereocenters. The Morgan fingerprint density at radius 3 is 2.69 bits per heavy atom. The molecule has 6 heteroatoms. The lowest BCUT2D eigenvalue weighted by Crippen LogP contribution is -2.00. The minimum absolute atomic E-state index is 0.116. The summed E-state index contributed by atoms with van der Waals surface area (Å²) in [5, 5.41) is 13.0. The van der Waals surface area contributed by atoms with Gasteiger partial charge in [0.25, 0.3) is 5.69 Å². The van der Waals surface area contributed by atoms with E-state index in [2.05, 4.69) is 5.32 Å². The van der Waals surface area contributed by atoms with Crippen LogP contribution in [0.3, 0.4) is 0 Å². The molecule has 0 aromatic heterocycles. The lowest BCUT2D eigenvalue weighted by Gasteiger charge is -2.03. The van der Waals surface area contributed by atoms with Crippen molar-refractivity contribution in [2.24, 2.45) is 0 Å². The first kappa shape index (κ1) is 9.24. The molecule has 1 rings (SSSR count). The Morgan fingerprint density at radius 2 is 2.23 bits per heavy atom. The average Bonchev–Trinajstić information content (AvgIpc) is 2.08. The summed E-state index contributed by atoms with van der Waals surface area (Å²) in [5.41, 5.74) is 4.99. The highest BCUT2D eigenvalue weighted by Crippen LogP contribution is 2.28. The van der Waals surface area contributed by atoms with Crippen LogP contribution in [0.5, 0.6) is 0 Å². The number of nitro benzene ring substituents is 1. The molecule has 5 nitrogen and oxygen atoms in total. The molecule has 0 heterocycles. The Kier molecular flexibility index (Phi) is 2.32. The molecule has 1 aromatic rings. The molecule has 0 amide bonds. The summed E-state index contributed by atoms with van der Waals surface area (Å²) >= 11 is 0. The van der Waals surface area contributed by atoms with E-state index in [1.165, 1.54) is 13.1 Å². The first-order valence-electron chi connectivity index (χ1n) is 3.47. The van der Waals surface area contributed by atoms with Gasteiger partial charge in [0.1, 0.15) is 5.69 Å². The first-order valence-corrected chi connectivity index (χ1v) is 3.47. The number of anilines is 2. The number of benzene rings is 1. The van der Waals surface area contributed by atoms with Crippen molar-refractivity contribution in [3.05, 3.63) is 28.1 Å².